The van der Waals surface area contributed by atoms with Gasteiger partial charge in [0.05, 0.1) is 7.11 Å². The van der Waals surface area contributed by atoms with Gasteiger partial charge in [0.1, 0.15) is 12.2 Å². The molecule has 0 aliphatic carbocycles. The first-order valence-electron chi connectivity index (χ1n) is 9.00. The third kappa shape index (κ3) is 4.13. The molecule has 2 aromatic rings. The lowest BCUT2D eigenvalue weighted by molar-refractivity contribution is -0.134. The van der Waals surface area contributed by atoms with Crippen molar-refractivity contribution in [3.63, 3.8) is 0 Å². The first-order valence-corrected chi connectivity index (χ1v) is 9.00. The number of rotatable bonds is 5. The molecule has 4 amide bonds. The topological polar surface area (TPSA) is 76.2 Å². The average molecular weight is 394 g/mol. The van der Waals surface area contributed by atoms with E-state index in [-0.39, 0.29) is 5.57 Å². The van der Waals surface area contributed by atoms with Gasteiger partial charge in [0.25, 0.3) is 11.8 Å². The number of amides is 4. The molecule has 1 aliphatic heterocycles. The number of ether oxygens (including phenoxy) is 2. The summed E-state index contributed by atoms with van der Waals surface area (Å²) in [7, 11) is 4.19. The highest BCUT2D eigenvalue weighted by atomic mass is 16.5. The number of benzene rings is 2. The smallest absolute Gasteiger partial charge is 0.333 e. The normalized spacial score (nSPS) is 14.3. The second kappa shape index (κ2) is 8.18. The summed E-state index contributed by atoms with van der Waals surface area (Å²) in [5.74, 6) is -0.269. The van der Waals surface area contributed by atoms with E-state index in [0.717, 1.165) is 15.4 Å². The molecule has 1 saturated heterocycles. The van der Waals surface area contributed by atoms with Gasteiger partial charge in [-0.1, -0.05) is 35.9 Å². The Morgan fingerprint density at radius 2 is 1.52 bits per heavy atom. The van der Waals surface area contributed by atoms with Crippen LogP contribution in [0.25, 0.3) is 6.08 Å². The minimum atomic E-state index is -0.658. The van der Waals surface area contributed by atoms with Gasteiger partial charge >= 0.3 is 6.03 Å². The van der Waals surface area contributed by atoms with Gasteiger partial charge in [-0.3, -0.25) is 19.4 Å². The Bertz CT molecular complexity index is 969. The van der Waals surface area contributed by atoms with Crippen molar-refractivity contribution in [3.05, 3.63) is 64.7 Å². The summed E-state index contributed by atoms with van der Waals surface area (Å²) in [5.41, 5.74) is 2.69. The van der Waals surface area contributed by atoms with Crippen LogP contribution in [0.3, 0.4) is 0 Å². The van der Waals surface area contributed by atoms with Gasteiger partial charge in [0.2, 0.25) is 0 Å². The third-order valence-electron chi connectivity index (χ3n) is 4.66. The molecule has 150 valence electrons. The van der Waals surface area contributed by atoms with E-state index in [4.69, 9.17) is 9.47 Å². The summed E-state index contributed by atoms with van der Waals surface area (Å²) >= 11 is 0. The van der Waals surface area contributed by atoms with Gasteiger partial charge < -0.3 is 9.47 Å². The molecule has 29 heavy (non-hydrogen) atoms. The number of carbonyl (C=O) groups is 3. The summed E-state index contributed by atoms with van der Waals surface area (Å²) in [6, 6.07) is 12.5. The van der Waals surface area contributed by atoms with Crippen LogP contribution in [0.4, 0.5) is 4.79 Å². The standard InChI is InChI=1S/C22H22N2O5/c1-14-5-7-15(8-6-14)13-29-18-10-9-16(12-19(18)28-4)11-17-20(25)23(2)22(27)24(3)21(17)26/h5-12H,13H2,1-4H3. The number of urea groups is 1. The molecule has 0 aromatic heterocycles. The summed E-state index contributed by atoms with van der Waals surface area (Å²) in [5, 5.41) is 0. The highest BCUT2D eigenvalue weighted by Crippen LogP contribution is 2.30. The Morgan fingerprint density at radius 1 is 0.897 bits per heavy atom. The number of imide groups is 2. The number of nitrogens with zero attached hydrogens (tertiary/aromatic N) is 2. The van der Waals surface area contributed by atoms with Gasteiger partial charge in [-0.15, -0.1) is 0 Å². The lowest BCUT2D eigenvalue weighted by atomic mass is 10.1. The highest BCUT2D eigenvalue weighted by Gasteiger charge is 2.37. The number of hydrogen-bond acceptors (Lipinski definition) is 5. The minimum Gasteiger partial charge on any atom is -0.493 e. The Hall–Kier alpha value is -3.61. The van der Waals surface area contributed by atoms with Crippen LogP contribution in [0.5, 0.6) is 11.5 Å². The Morgan fingerprint density at radius 3 is 2.10 bits per heavy atom. The molecule has 0 bridgehead atoms. The summed E-state index contributed by atoms with van der Waals surface area (Å²) in [6.45, 7) is 2.40. The van der Waals surface area contributed by atoms with Crippen LogP contribution in [0.2, 0.25) is 0 Å². The fraction of sp³-hybridized carbons (Fsp3) is 0.227. The molecule has 0 unspecified atom stereocenters. The second-order valence-corrected chi connectivity index (χ2v) is 6.75. The van der Waals surface area contributed by atoms with E-state index in [0.29, 0.717) is 23.7 Å². The van der Waals surface area contributed by atoms with E-state index in [9.17, 15) is 14.4 Å². The van der Waals surface area contributed by atoms with Gasteiger partial charge in [-0.25, -0.2) is 4.79 Å². The van der Waals surface area contributed by atoms with E-state index in [2.05, 4.69) is 0 Å². The number of methoxy groups -OCH3 is 1. The van der Waals surface area contributed by atoms with Crippen molar-refractivity contribution >= 4 is 23.9 Å². The predicted octanol–water partition coefficient (Wildman–Crippen LogP) is 3.02. The number of hydrogen-bond donors (Lipinski definition) is 0. The first kappa shape index (κ1) is 20.1. The van der Waals surface area contributed by atoms with Crippen molar-refractivity contribution in [1.82, 2.24) is 9.80 Å². The summed E-state index contributed by atoms with van der Waals surface area (Å²) < 4.78 is 11.2. The number of likely N-dealkylation sites (N-methyl/N-ethyl adjacent to an activating group) is 2. The first-order chi connectivity index (χ1) is 13.8. The quantitative estimate of drug-likeness (QED) is 0.576. The lowest BCUT2D eigenvalue weighted by Crippen LogP contribution is -2.52. The SMILES string of the molecule is COc1cc(C=C2C(=O)N(C)C(=O)N(C)C2=O)ccc1OCc1ccc(C)cc1. The minimum absolute atomic E-state index is 0.0926. The summed E-state index contributed by atoms with van der Waals surface area (Å²) in [6.07, 6.45) is 1.44. The van der Waals surface area contributed by atoms with Crippen molar-refractivity contribution < 1.29 is 23.9 Å². The van der Waals surface area contributed by atoms with Crippen LogP contribution >= 0.6 is 0 Å². The maximum absolute atomic E-state index is 12.3. The van der Waals surface area contributed by atoms with E-state index in [1.807, 2.05) is 31.2 Å². The molecule has 3 rings (SSSR count). The van der Waals surface area contributed by atoms with Crippen LogP contribution in [-0.4, -0.2) is 48.9 Å². The molecule has 0 radical (unpaired) electrons. The van der Waals surface area contributed by atoms with Crippen LogP contribution in [0.1, 0.15) is 16.7 Å². The maximum atomic E-state index is 12.3. The van der Waals surface area contributed by atoms with E-state index in [1.165, 1.54) is 32.8 Å². The number of carbonyl (C=O) groups excluding carboxylic acids is 3. The largest absolute Gasteiger partial charge is 0.493 e. The molecule has 0 spiro atoms. The fourth-order valence-corrected chi connectivity index (χ4v) is 2.88. The van der Waals surface area contributed by atoms with Crippen LogP contribution in [0, 0.1) is 6.92 Å². The molecule has 1 aliphatic rings. The molecule has 7 nitrogen and oxygen atoms in total. The Kier molecular flexibility index (Phi) is 5.68. The Balaban J connectivity index is 1.83. The van der Waals surface area contributed by atoms with Gasteiger partial charge in [0.15, 0.2) is 11.5 Å². The molecule has 1 heterocycles. The Labute approximate surface area is 169 Å². The maximum Gasteiger partial charge on any atom is 0.333 e. The van der Waals surface area contributed by atoms with Crippen molar-refractivity contribution in [2.24, 2.45) is 0 Å². The number of aryl methyl sites for hydroxylation is 1. The van der Waals surface area contributed by atoms with E-state index >= 15 is 0 Å². The zero-order chi connectivity index (χ0) is 21.1. The van der Waals surface area contributed by atoms with Crippen LogP contribution < -0.4 is 9.47 Å². The molecular formula is C22H22N2O5. The van der Waals surface area contributed by atoms with Crippen molar-refractivity contribution in [2.75, 3.05) is 21.2 Å². The average Bonchev–Trinajstić information content (AvgIpc) is 2.74. The molecular weight excluding hydrogens is 372 g/mol. The third-order valence-corrected chi connectivity index (χ3v) is 4.66. The van der Waals surface area contributed by atoms with Crippen molar-refractivity contribution in [2.45, 2.75) is 13.5 Å². The zero-order valence-electron chi connectivity index (χ0n) is 16.8. The fourth-order valence-electron chi connectivity index (χ4n) is 2.88. The highest BCUT2D eigenvalue weighted by molar-refractivity contribution is 6.30. The van der Waals surface area contributed by atoms with Gasteiger partial charge in [-0.05, 0) is 36.3 Å². The molecule has 0 N–H and O–H groups in total. The second-order valence-electron chi connectivity index (χ2n) is 6.75. The van der Waals surface area contributed by atoms with Crippen LogP contribution in [0.15, 0.2) is 48.0 Å². The summed E-state index contributed by atoms with van der Waals surface area (Å²) in [4.78, 5) is 38.3. The monoisotopic (exact) mass is 394 g/mol. The predicted molar refractivity (Wildman–Crippen MR) is 107 cm³/mol. The molecule has 0 atom stereocenters. The molecule has 7 heteroatoms. The van der Waals surface area contributed by atoms with Crippen molar-refractivity contribution in [1.29, 1.82) is 0 Å². The van der Waals surface area contributed by atoms with Crippen LogP contribution in [-0.2, 0) is 16.2 Å². The van der Waals surface area contributed by atoms with Gasteiger partial charge in [0, 0.05) is 14.1 Å². The van der Waals surface area contributed by atoms with E-state index in [1.54, 1.807) is 18.2 Å². The van der Waals surface area contributed by atoms with Crippen molar-refractivity contribution in [3.8, 4) is 11.5 Å². The lowest BCUT2D eigenvalue weighted by Gasteiger charge is -2.28. The van der Waals surface area contributed by atoms with E-state index < -0.39 is 17.8 Å². The molecule has 2 aromatic carbocycles. The van der Waals surface area contributed by atoms with Gasteiger partial charge in [-0.2, -0.15) is 0 Å². The molecule has 1 fully saturated rings. The number of barbiturate groups is 1. The zero-order valence-corrected chi connectivity index (χ0v) is 16.8. The molecule has 0 saturated carbocycles.